The van der Waals surface area contributed by atoms with Crippen molar-refractivity contribution in [2.45, 2.75) is 43.4 Å². The lowest BCUT2D eigenvalue weighted by molar-refractivity contribution is 0.356. The third kappa shape index (κ3) is 3.80. The van der Waals surface area contributed by atoms with Crippen molar-refractivity contribution in [2.75, 3.05) is 4.72 Å². The molecule has 8 heteroatoms. The zero-order valence-corrected chi connectivity index (χ0v) is 13.7. The van der Waals surface area contributed by atoms with E-state index in [4.69, 9.17) is 0 Å². The largest absolute Gasteiger partial charge is 0.265 e. The average molecular weight is 338 g/mol. The third-order valence-corrected chi connectivity index (χ3v) is 6.14. The van der Waals surface area contributed by atoms with Gasteiger partial charge in [0.1, 0.15) is 9.90 Å². The molecular formula is C14H18N4O2S2. The van der Waals surface area contributed by atoms with Crippen molar-refractivity contribution >= 4 is 26.5 Å². The molecule has 0 radical (unpaired) electrons. The highest BCUT2D eigenvalue weighted by atomic mass is 32.2. The summed E-state index contributed by atoms with van der Waals surface area (Å²) >= 11 is 1.32. The molecule has 0 atom stereocenters. The standard InChI is InChI=1S/C14H18N4O2S2/c19-22(20,12-7-4-8-15-10-12)18-14-17-16-13(21-14)9-11-5-2-1-3-6-11/h4,7-8,10-11H,1-3,5-6,9H2,(H,17,18). The smallest absolute Gasteiger partial charge is 0.263 e. The van der Waals surface area contributed by atoms with Crippen molar-refractivity contribution in [3.05, 3.63) is 29.5 Å². The summed E-state index contributed by atoms with van der Waals surface area (Å²) in [5.41, 5.74) is 0. The fourth-order valence-electron chi connectivity index (χ4n) is 2.70. The van der Waals surface area contributed by atoms with Crippen molar-refractivity contribution in [1.29, 1.82) is 0 Å². The van der Waals surface area contributed by atoms with Gasteiger partial charge in [-0.05, 0) is 18.1 Å². The quantitative estimate of drug-likeness (QED) is 0.906. The zero-order valence-electron chi connectivity index (χ0n) is 12.1. The van der Waals surface area contributed by atoms with E-state index in [9.17, 15) is 8.42 Å². The molecule has 0 bridgehead atoms. The van der Waals surface area contributed by atoms with Crippen molar-refractivity contribution < 1.29 is 8.42 Å². The summed E-state index contributed by atoms with van der Waals surface area (Å²) in [5, 5.41) is 9.28. The minimum Gasteiger partial charge on any atom is -0.263 e. The topological polar surface area (TPSA) is 84.8 Å². The highest BCUT2D eigenvalue weighted by Crippen LogP contribution is 2.29. The van der Waals surface area contributed by atoms with Crippen LogP contribution in [0.25, 0.3) is 0 Å². The van der Waals surface area contributed by atoms with Crippen LogP contribution in [0.2, 0.25) is 0 Å². The highest BCUT2D eigenvalue weighted by Gasteiger charge is 2.19. The van der Waals surface area contributed by atoms with Crippen molar-refractivity contribution in [3.63, 3.8) is 0 Å². The van der Waals surface area contributed by atoms with Gasteiger partial charge in [0, 0.05) is 18.8 Å². The van der Waals surface area contributed by atoms with E-state index in [0.29, 0.717) is 11.0 Å². The number of aromatic nitrogens is 3. The Kier molecular flexibility index (Phi) is 4.68. The van der Waals surface area contributed by atoms with Gasteiger partial charge in [0.2, 0.25) is 5.13 Å². The van der Waals surface area contributed by atoms with E-state index in [1.807, 2.05) is 0 Å². The molecule has 1 saturated carbocycles. The Hall–Kier alpha value is -1.54. The van der Waals surface area contributed by atoms with Crippen molar-refractivity contribution in [1.82, 2.24) is 15.2 Å². The van der Waals surface area contributed by atoms with Crippen LogP contribution in [0, 0.1) is 5.92 Å². The molecule has 3 rings (SSSR count). The molecule has 0 aliphatic heterocycles. The molecule has 2 aromatic heterocycles. The number of pyridine rings is 1. The molecule has 1 aliphatic rings. The molecule has 6 nitrogen and oxygen atoms in total. The predicted octanol–water partition coefficient (Wildman–Crippen LogP) is 2.86. The second kappa shape index (κ2) is 6.70. The molecule has 0 saturated heterocycles. The van der Waals surface area contributed by atoms with Gasteiger partial charge >= 0.3 is 0 Å². The van der Waals surface area contributed by atoms with Crippen LogP contribution in [0.4, 0.5) is 5.13 Å². The third-order valence-electron chi connectivity index (χ3n) is 3.82. The first kappa shape index (κ1) is 15.4. The molecule has 0 amide bonds. The summed E-state index contributed by atoms with van der Waals surface area (Å²) in [5.74, 6) is 0.657. The molecule has 2 heterocycles. The average Bonchev–Trinajstić information content (AvgIpc) is 2.95. The maximum atomic E-state index is 12.2. The number of nitrogens with zero attached hydrogens (tertiary/aromatic N) is 3. The number of hydrogen-bond acceptors (Lipinski definition) is 6. The zero-order chi connectivity index (χ0) is 15.4. The van der Waals surface area contributed by atoms with E-state index >= 15 is 0 Å². The lowest BCUT2D eigenvalue weighted by Gasteiger charge is -2.19. The molecule has 0 spiro atoms. The first-order valence-corrected chi connectivity index (χ1v) is 9.69. The molecule has 2 aromatic rings. The SMILES string of the molecule is O=S(=O)(Nc1nnc(CC2CCCCC2)s1)c1cccnc1. The Bertz CT molecular complexity index is 709. The monoisotopic (exact) mass is 338 g/mol. The van der Waals surface area contributed by atoms with E-state index < -0.39 is 10.0 Å². The summed E-state index contributed by atoms with van der Waals surface area (Å²) in [6.45, 7) is 0. The van der Waals surface area contributed by atoms with Gasteiger partial charge in [-0.25, -0.2) is 8.42 Å². The minimum atomic E-state index is -3.64. The lowest BCUT2D eigenvalue weighted by Crippen LogP contribution is -2.12. The van der Waals surface area contributed by atoms with Crippen LogP contribution in [0.1, 0.15) is 37.1 Å². The molecule has 1 aliphatic carbocycles. The van der Waals surface area contributed by atoms with Gasteiger partial charge in [0.15, 0.2) is 0 Å². The van der Waals surface area contributed by atoms with Crippen molar-refractivity contribution in [3.8, 4) is 0 Å². The van der Waals surface area contributed by atoms with Crippen LogP contribution in [-0.2, 0) is 16.4 Å². The second-order valence-corrected chi connectivity index (χ2v) is 8.25. The summed E-state index contributed by atoms with van der Waals surface area (Å²) < 4.78 is 26.8. The van der Waals surface area contributed by atoms with E-state index in [0.717, 1.165) is 11.4 Å². The molecule has 1 fully saturated rings. The van der Waals surface area contributed by atoms with Gasteiger partial charge < -0.3 is 0 Å². The molecule has 118 valence electrons. The van der Waals surface area contributed by atoms with Gasteiger partial charge in [-0.2, -0.15) is 0 Å². The van der Waals surface area contributed by atoms with Crippen LogP contribution in [0.15, 0.2) is 29.4 Å². The van der Waals surface area contributed by atoms with Gasteiger partial charge in [-0.15, -0.1) is 10.2 Å². The number of rotatable bonds is 5. The Morgan fingerprint density at radius 3 is 2.77 bits per heavy atom. The van der Waals surface area contributed by atoms with Gasteiger partial charge in [-0.3, -0.25) is 9.71 Å². The van der Waals surface area contributed by atoms with Gasteiger partial charge in [-0.1, -0.05) is 43.4 Å². The normalized spacial score (nSPS) is 16.5. The Labute approximate surface area is 134 Å². The molecule has 0 unspecified atom stereocenters. The maximum absolute atomic E-state index is 12.2. The second-order valence-electron chi connectivity index (χ2n) is 5.50. The molecule has 1 N–H and O–H groups in total. The summed E-state index contributed by atoms with van der Waals surface area (Å²) in [6.07, 6.45) is 10.1. The lowest BCUT2D eigenvalue weighted by atomic mass is 9.87. The Morgan fingerprint density at radius 1 is 1.23 bits per heavy atom. The first-order chi connectivity index (χ1) is 10.6. The first-order valence-electron chi connectivity index (χ1n) is 7.39. The van der Waals surface area contributed by atoms with Crippen LogP contribution in [-0.4, -0.2) is 23.6 Å². The van der Waals surface area contributed by atoms with Crippen LogP contribution >= 0.6 is 11.3 Å². The van der Waals surface area contributed by atoms with E-state index in [1.165, 1.54) is 61.9 Å². The van der Waals surface area contributed by atoms with Gasteiger partial charge in [0.05, 0.1) is 0 Å². The fourth-order valence-corrected chi connectivity index (χ4v) is 4.74. The number of sulfonamides is 1. The Morgan fingerprint density at radius 2 is 2.05 bits per heavy atom. The predicted molar refractivity (Wildman–Crippen MR) is 85.2 cm³/mol. The molecule has 22 heavy (non-hydrogen) atoms. The van der Waals surface area contributed by atoms with Crippen molar-refractivity contribution in [2.24, 2.45) is 5.92 Å². The van der Waals surface area contributed by atoms with E-state index in [2.05, 4.69) is 19.9 Å². The highest BCUT2D eigenvalue weighted by molar-refractivity contribution is 7.93. The fraction of sp³-hybridized carbons (Fsp3) is 0.500. The molecule has 0 aromatic carbocycles. The summed E-state index contributed by atoms with van der Waals surface area (Å²) in [7, 11) is -3.64. The van der Waals surface area contributed by atoms with Gasteiger partial charge in [0.25, 0.3) is 10.0 Å². The van der Waals surface area contributed by atoms with Crippen LogP contribution in [0.3, 0.4) is 0 Å². The van der Waals surface area contributed by atoms with E-state index in [-0.39, 0.29) is 4.90 Å². The van der Waals surface area contributed by atoms with E-state index in [1.54, 1.807) is 6.07 Å². The number of hydrogen-bond donors (Lipinski definition) is 1. The summed E-state index contributed by atoms with van der Waals surface area (Å²) in [4.78, 5) is 3.95. The Balaban J connectivity index is 1.66. The van der Waals surface area contributed by atoms with Crippen LogP contribution in [0.5, 0.6) is 0 Å². The van der Waals surface area contributed by atoms with Crippen LogP contribution < -0.4 is 4.72 Å². The number of anilines is 1. The minimum absolute atomic E-state index is 0.124. The maximum Gasteiger partial charge on any atom is 0.265 e. The number of nitrogens with one attached hydrogen (secondary N) is 1. The summed E-state index contributed by atoms with van der Waals surface area (Å²) in [6, 6.07) is 3.09. The molecular weight excluding hydrogens is 320 g/mol.